The van der Waals surface area contributed by atoms with E-state index in [9.17, 15) is 14.4 Å². The Labute approximate surface area is 164 Å². The normalized spacial score (nSPS) is 14.1. The smallest absolute Gasteiger partial charge is 0.255 e. The fourth-order valence-electron chi connectivity index (χ4n) is 3.30. The molecule has 2 N–H and O–H groups in total. The summed E-state index contributed by atoms with van der Waals surface area (Å²) in [6.07, 6.45) is 4.44. The summed E-state index contributed by atoms with van der Waals surface area (Å²) >= 11 is 0. The van der Waals surface area contributed by atoms with Gasteiger partial charge in [0.25, 0.3) is 11.8 Å². The number of rotatable bonds is 4. The molecule has 1 saturated heterocycles. The molecule has 0 aromatic heterocycles. The molecule has 0 bridgehead atoms. The fraction of sp³-hybridized carbons (Fsp3) is 0.318. The number of carbonyl (C=O) groups is 3. The fourth-order valence-corrected chi connectivity index (χ4v) is 3.30. The molecule has 0 atom stereocenters. The van der Waals surface area contributed by atoms with Crippen LogP contribution in [-0.4, -0.2) is 35.7 Å². The lowest BCUT2D eigenvalue weighted by Crippen LogP contribution is -2.31. The number of amides is 3. The Morgan fingerprint density at radius 2 is 1.36 bits per heavy atom. The van der Waals surface area contributed by atoms with E-state index in [1.165, 1.54) is 19.8 Å². The highest BCUT2D eigenvalue weighted by molar-refractivity contribution is 6.05. The highest BCUT2D eigenvalue weighted by atomic mass is 16.2. The van der Waals surface area contributed by atoms with Gasteiger partial charge >= 0.3 is 0 Å². The van der Waals surface area contributed by atoms with Crippen LogP contribution in [0.3, 0.4) is 0 Å². The Morgan fingerprint density at radius 1 is 0.786 bits per heavy atom. The molecule has 0 saturated carbocycles. The Morgan fingerprint density at radius 3 is 1.96 bits per heavy atom. The Bertz CT molecular complexity index is 854. The van der Waals surface area contributed by atoms with Crippen molar-refractivity contribution in [3.8, 4) is 0 Å². The second-order valence-corrected chi connectivity index (χ2v) is 7.00. The number of carbonyl (C=O) groups excluding carboxylic acids is 3. The number of benzene rings is 2. The van der Waals surface area contributed by atoms with Crippen LogP contribution in [0.25, 0.3) is 0 Å². The highest BCUT2D eigenvalue weighted by Gasteiger charge is 2.17. The van der Waals surface area contributed by atoms with E-state index in [4.69, 9.17) is 0 Å². The summed E-state index contributed by atoms with van der Waals surface area (Å²) in [6.45, 7) is 3.02. The number of hydrogen-bond donors (Lipinski definition) is 2. The van der Waals surface area contributed by atoms with Gasteiger partial charge < -0.3 is 15.5 Å². The average molecular weight is 379 g/mol. The maximum Gasteiger partial charge on any atom is 0.255 e. The van der Waals surface area contributed by atoms with E-state index in [1.54, 1.807) is 48.5 Å². The quantitative estimate of drug-likeness (QED) is 0.845. The SMILES string of the molecule is CC(=O)Nc1cccc(NC(=O)c2ccc(C(=O)N3CCCCCC3)cc2)c1. The number of nitrogens with zero attached hydrogens (tertiary/aromatic N) is 1. The lowest BCUT2D eigenvalue weighted by molar-refractivity contribution is -0.114. The van der Waals surface area contributed by atoms with Gasteiger partial charge in [0.15, 0.2) is 0 Å². The van der Waals surface area contributed by atoms with E-state index in [0.717, 1.165) is 25.9 Å². The number of likely N-dealkylation sites (tertiary alicyclic amines) is 1. The lowest BCUT2D eigenvalue weighted by Gasteiger charge is -2.20. The Kier molecular flexibility index (Phi) is 6.42. The Hall–Kier alpha value is -3.15. The van der Waals surface area contributed by atoms with Crippen LogP contribution in [0.15, 0.2) is 48.5 Å². The molecule has 0 unspecified atom stereocenters. The molecule has 0 aliphatic carbocycles. The van der Waals surface area contributed by atoms with Gasteiger partial charge in [0.05, 0.1) is 0 Å². The van der Waals surface area contributed by atoms with Crippen LogP contribution < -0.4 is 10.6 Å². The average Bonchev–Trinajstić information content (AvgIpc) is 2.97. The van der Waals surface area contributed by atoms with Gasteiger partial charge in [-0.15, -0.1) is 0 Å². The molecule has 1 fully saturated rings. The summed E-state index contributed by atoms with van der Waals surface area (Å²) in [5.74, 6) is -0.418. The molecule has 28 heavy (non-hydrogen) atoms. The van der Waals surface area contributed by atoms with Crippen molar-refractivity contribution in [2.24, 2.45) is 0 Å². The zero-order valence-electron chi connectivity index (χ0n) is 16.0. The molecule has 6 nitrogen and oxygen atoms in total. The molecule has 2 aromatic carbocycles. The standard InChI is InChI=1S/C22H25N3O3/c1-16(26)23-19-7-6-8-20(15-19)24-21(27)17-9-11-18(12-10-17)22(28)25-13-4-2-3-5-14-25/h6-12,15H,2-5,13-14H2,1H3,(H,23,26)(H,24,27). The van der Waals surface area contributed by atoms with E-state index in [1.807, 2.05) is 4.90 Å². The zero-order valence-corrected chi connectivity index (χ0v) is 16.0. The topological polar surface area (TPSA) is 78.5 Å². The first-order valence-electron chi connectivity index (χ1n) is 9.61. The minimum Gasteiger partial charge on any atom is -0.339 e. The van der Waals surface area contributed by atoms with Crippen LogP contribution in [0, 0.1) is 0 Å². The molecule has 3 amide bonds. The summed E-state index contributed by atoms with van der Waals surface area (Å²) in [7, 11) is 0. The summed E-state index contributed by atoms with van der Waals surface area (Å²) in [4.78, 5) is 38.2. The largest absolute Gasteiger partial charge is 0.339 e. The van der Waals surface area contributed by atoms with Crippen LogP contribution in [0.4, 0.5) is 11.4 Å². The van der Waals surface area contributed by atoms with Crippen molar-refractivity contribution in [1.82, 2.24) is 4.90 Å². The first kappa shape index (κ1) is 19.6. The summed E-state index contributed by atoms with van der Waals surface area (Å²) in [6, 6.07) is 13.7. The minimum atomic E-state index is -0.270. The number of hydrogen-bond acceptors (Lipinski definition) is 3. The first-order valence-corrected chi connectivity index (χ1v) is 9.61. The third-order valence-electron chi connectivity index (χ3n) is 4.73. The van der Waals surface area contributed by atoms with Gasteiger partial charge in [0, 0.05) is 42.5 Å². The molecule has 146 valence electrons. The zero-order chi connectivity index (χ0) is 19.9. The van der Waals surface area contributed by atoms with E-state index in [-0.39, 0.29) is 17.7 Å². The number of nitrogens with one attached hydrogen (secondary N) is 2. The van der Waals surface area contributed by atoms with Gasteiger partial charge in [-0.3, -0.25) is 14.4 Å². The highest BCUT2D eigenvalue weighted by Crippen LogP contribution is 2.17. The molecule has 0 spiro atoms. The second-order valence-electron chi connectivity index (χ2n) is 7.00. The third-order valence-corrected chi connectivity index (χ3v) is 4.73. The third kappa shape index (κ3) is 5.19. The maximum absolute atomic E-state index is 12.6. The van der Waals surface area contributed by atoms with Crippen molar-refractivity contribution in [3.05, 3.63) is 59.7 Å². The number of anilines is 2. The van der Waals surface area contributed by atoms with Gasteiger partial charge in [-0.2, -0.15) is 0 Å². The first-order chi connectivity index (χ1) is 13.5. The van der Waals surface area contributed by atoms with E-state index >= 15 is 0 Å². The van der Waals surface area contributed by atoms with Crippen molar-refractivity contribution >= 4 is 29.1 Å². The maximum atomic E-state index is 12.6. The van der Waals surface area contributed by atoms with E-state index in [0.29, 0.717) is 22.5 Å². The molecule has 6 heteroatoms. The monoisotopic (exact) mass is 379 g/mol. The Balaban J connectivity index is 1.65. The second kappa shape index (κ2) is 9.17. The van der Waals surface area contributed by atoms with Gasteiger partial charge in [-0.25, -0.2) is 0 Å². The summed E-state index contributed by atoms with van der Waals surface area (Å²) in [5.41, 5.74) is 2.27. The molecule has 1 heterocycles. The summed E-state index contributed by atoms with van der Waals surface area (Å²) < 4.78 is 0. The lowest BCUT2D eigenvalue weighted by atomic mass is 10.1. The van der Waals surface area contributed by atoms with Gasteiger partial charge in [-0.05, 0) is 55.3 Å². The van der Waals surface area contributed by atoms with Gasteiger partial charge in [0.2, 0.25) is 5.91 Å². The van der Waals surface area contributed by atoms with Crippen LogP contribution in [-0.2, 0) is 4.79 Å². The molecule has 1 aliphatic heterocycles. The summed E-state index contributed by atoms with van der Waals surface area (Å²) in [5, 5.41) is 5.49. The van der Waals surface area contributed by atoms with Crippen LogP contribution in [0.2, 0.25) is 0 Å². The molecule has 3 rings (SSSR count). The van der Waals surface area contributed by atoms with Crippen molar-refractivity contribution in [3.63, 3.8) is 0 Å². The molecular weight excluding hydrogens is 354 g/mol. The molecule has 1 aliphatic rings. The van der Waals surface area contributed by atoms with Crippen LogP contribution in [0.5, 0.6) is 0 Å². The molecule has 0 radical (unpaired) electrons. The van der Waals surface area contributed by atoms with Gasteiger partial charge in [0.1, 0.15) is 0 Å². The molecule has 2 aromatic rings. The van der Waals surface area contributed by atoms with Crippen molar-refractivity contribution in [1.29, 1.82) is 0 Å². The van der Waals surface area contributed by atoms with Crippen molar-refractivity contribution < 1.29 is 14.4 Å². The van der Waals surface area contributed by atoms with Crippen molar-refractivity contribution in [2.45, 2.75) is 32.6 Å². The van der Waals surface area contributed by atoms with Crippen LogP contribution >= 0.6 is 0 Å². The van der Waals surface area contributed by atoms with E-state index < -0.39 is 0 Å². The van der Waals surface area contributed by atoms with Gasteiger partial charge in [-0.1, -0.05) is 18.9 Å². The van der Waals surface area contributed by atoms with Crippen LogP contribution in [0.1, 0.15) is 53.3 Å². The minimum absolute atomic E-state index is 0.0249. The molecular formula is C22H25N3O3. The predicted octanol–water partition coefficient (Wildman–Crippen LogP) is 3.91. The van der Waals surface area contributed by atoms with E-state index in [2.05, 4.69) is 10.6 Å². The van der Waals surface area contributed by atoms with Crippen molar-refractivity contribution in [2.75, 3.05) is 23.7 Å². The predicted molar refractivity (Wildman–Crippen MR) is 110 cm³/mol.